The van der Waals surface area contributed by atoms with Crippen molar-refractivity contribution < 1.29 is 28.6 Å². The van der Waals surface area contributed by atoms with Crippen LogP contribution in [0.4, 0.5) is 0 Å². The number of hydrogen-bond donors (Lipinski definition) is 0. The fourth-order valence-corrected chi connectivity index (χ4v) is 7.33. The highest BCUT2D eigenvalue weighted by atomic mass is 16.6. The first kappa shape index (κ1) is 61.6. The highest BCUT2D eigenvalue weighted by Gasteiger charge is 2.19. The highest BCUT2D eigenvalue weighted by molar-refractivity contribution is 5.72. The largest absolute Gasteiger partial charge is 0.462 e. The van der Waals surface area contributed by atoms with E-state index in [1.165, 1.54) is 128 Å². The Morgan fingerprint density at radius 2 is 0.646 bits per heavy atom. The Morgan fingerprint density at radius 3 is 1.00 bits per heavy atom. The van der Waals surface area contributed by atoms with Crippen LogP contribution < -0.4 is 0 Å². The van der Waals surface area contributed by atoms with Gasteiger partial charge in [0.25, 0.3) is 0 Å². The number of ether oxygens (including phenoxy) is 3. The van der Waals surface area contributed by atoms with Crippen molar-refractivity contribution >= 4 is 17.9 Å². The van der Waals surface area contributed by atoms with Crippen LogP contribution in [0.5, 0.6) is 0 Å². The van der Waals surface area contributed by atoms with Crippen molar-refractivity contribution in [3.05, 3.63) is 85.1 Å². The smallest absolute Gasteiger partial charge is 0.310 e. The lowest BCUT2D eigenvalue weighted by atomic mass is 10.1. The molecular weight excluding hydrogens is 805 g/mol. The average Bonchev–Trinajstić information content (AvgIpc) is 3.30. The fraction of sp³-hybridized carbons (Fsp3) is 0.712. The van der Waals surface area contributed by atoms with Crippen molar-refractivity contribution in [3.8, 4) is 0 Å². The van der Waals surface area contributed by atoms with Crippen molar-refractivity contribution in [2.45, 2.75) is 258 Å². The molecule has 6 nitrogen and oxygen atoms in total. The lowest BCUT2D eigenvalue weighted by Crippen LogP contribution is -2.30. The van der Waals surface area contributed by atoms with E-state index in [4.69, 9.17) is 14.2 Å². The number of esters is 3. The zero-order chi connectivity index (χ0) is 47.2. The first-order valence-corrected chi connectivity index (χ1v) is 27.1. The van der Waals surface area contributed by atoms with Gasteiger partial charge < -0.3 is 14.2 Å². The molecule has 0 aromatic rings. The van der Waals surface area contributed by atoms with E-state index in [-0.39, 0.29) is 31.6 Å². The summed E-state index contributed by atoms with van der Waals surface area (Å²) in [4.78, 5) is 38.0. The summed E-state index contributed by atoms with van der Waals surface area (Å²) in [5.74, 6) is -1.06. The molecule has 6 heteroatoms. The van der Waals surface area contributed by atoms with E-state index in [1.807, 2.05) is 6.08 Å². The van der Waals surface area contributed by atoms with Crippen LogP contribution in [-0.2, 0) is 28.6 Å². The first-order chi connectivity index (χ1) is 32.0. The van der Waals surface area contributed by atoms with Crippen LogP contribution in [0.1, 0.15) is 252 Å². The minimum absolute atomic E-state index is 0.0940. The number of carbonyl (C=O) groups excluding carboxylic acids is 3. The van der Waals surface area contributed by atoms with Gasteiger partial charge in [0.1, 0.15) is 13.2 Å². The number of allylic oxidation sites excluding steroid dienone is 13. The molecule has 0 saturated carbocycles. The molecule has 0 aromatic heterocycles. The van der Waals surface area contributed by atoms with Gasteiger partial charge in [0.2, 0.25) is 0 Å². The Labute approximate surface area is 401 Å². The van der Waals surface area contributed by atoms with E-state index in [0.717, 1.165) is 83.5 Å². The van der Waals surface area contributed by atoms with Crippen molar-refractivity contribution in [3.63, 3.8) is 0 Å². The van der Waals surface area contributed by atoms with E-state index in [0.29, 0.717) is 12.8 Å². The van der Waals surface area contributed by atoms with Gasteiger partial charge in [0.05, 0.1) is 6.42 Å². The van der Waals surface area contributed by atoms with Crippen LogP contribution in [0.15, 0.2) is 85.1 Å². The predicted molar refractivity (Wildman–Crippen MR) is 279 cm³/mol. The molecule has 1 atom stereocenters. The highest BCUT2D eigenvalue weighted by Crippen LogP contribution is 2.14. The Balaban J connectivity index is 4.49. The summed E-state index contributed by atoms with van der Waals surface area (Å²) in [6.07, 6.45) is 68.8. The quantitative estimate of drug-likeness (QED) is 0.0262. The minimum Gasteiger partial charge on any atom is -0.462 e. The monoisotopic (exact) mass is 905 g/mol. The predicted octanol–water partition coefficient (Wildman–Crippen LogP) is 18.0. The standard InChI is InChI=1S/C59H100O6/c1-4-7-10-13-16-19-22-25-28-29-30-32-34-37-40-43-46-49-52-58(61)64-55-56(54-63-57(60)51-48-45-42-39-36-33-27-24-21-18-15-12-9-6-3)65-59(62)53-50-47-44-41-38-35-31-26-23-20-17-14-11-8-5-2/h8,11,17,20,24,26-29,31,38,41,47,50,56H,4-7,9-10,12-16,18-19,21-23,25,30,32-37,39-40,42-46,48-49,51-55H2,1-3H3/b11-8-,20-17-,27-24-,29-28-,31-26-,41-38-,50-47-. The topological polar surface area (TPSA) is 78.9 Å². The Kier molecular flexibility index (Phi) is 50.4. The van der Waals surface area contributed by atoms with E-state index in [9.17, 15) is 14.4 Å². The van der Waals surface area contributed by atoms with Crippen LogP contribution >= 0.6 is 0 Å². The van der Waals surface area contributed by atoms with E-state index >= 15 is 0 Å². The fourth-order valence-electron chi connectivity index (χ4n) is 7.33. The molecule has 0 aliphatic heterocycles. The van der Waals surface area contributed by atoms with Crippen LogP contribution in [0.2, 0.25) is 0 Å². The molecule has 65 heavy (non-hydrogen) atoms. The van der Waals surface area contributed by atoms with E-state index in [2.05, 4.69) is 93.7 Å². The Hall–Kier alpha value is -3.41. The third-order valence-electron chi connectivity index (χ3n) is 11.4. The van der Waals surface area contributed by atoms with Gasteiger partial charge in [-0.05, 0) is 96.3 Å². The molecule has 0 N–H and O–H groups in total. The van der Waals surface area contributed by atoms with Gasteiger partial charge in [-0.2, -0.15) is 0 Å². The summed E-state index contributed by atoms with van der Waals surface area (Å²) in [5, 5.41) is 0. The van der Waals surface area contributed by atoms with Gasteiger partial charge in [-0.15, -0.1) is 0 Å². The van der Waals surface area contributed by atoms with Gasteiger partial charge in [-0.1, -0.05) is 221 Å². The van der Waals surface area contributed by atoms with Gasteiger partial charge in [0.15, 0.2) is 6.10 Å². The number of carbonyl (C=O) groups is 3. The van der Waals surface area contributed by atoms with Gasteiger partial charge in [-0.3, -0.25) is 14.4 Å². The van der Waals surface area contributed by atoms with Gasteiger partial charge in [-0.25, -0.2) is 0 Å². The van der Waals surface area contributed by atoms with Crippen LogP contribution in [-0.4, -0.2) is 37.2 Å². The summed E-state index contributed by atoms with van der Waals surface area (Å²) < 4.78 is 16.7. The Bertz CT molecular complexity index is 1270. The van der Waals surface area contributed by atoms with Crippen LogP contribution in [0, 0.1) is 0 Å². The second-order valence-corrected chi connectivity index (χ2v) is 17.8. The maximum atomic E-state index is 12.8. The maximum Gasteiger partial charge on any atom is 0.310 e. The second-order valence-electron chi connectivity index (χ2n) is 17.8. The molecule has 0 aromatic carbocycles. The summed E-state index contributed by atoms with van der Waals surface area (Å²) >= 11 is 0. The van der Waals surface area contributed by atoms with Crippen LogP contribution in [0.25, 0.3) is 0 Å². The summed E-state index contributed by atoms with van der Waals surface area (Å²) in [6.45, 7) is 6.42. The van der Waals surface area contributed by atoms with Crippen LogP contribution in [0.3, 0.4) is 0 Å². The third-order valence-corrected chi connectivity index (χ3v) is 11.4. The molecule has 0 spiro atoms. The molecular formula is C59H100O6. The molecule has 0 bridgehead atoms. The van der Waals surface area contributed by atoms with E-state index < -0.39 is 12.1 Å². The number of rotatable bonds is 48. The molecule has 372 valence electrons. The molecule has 0 fully saturated rings. The van der Waals surface area contributed by atoms with Crippen molar-refractivity contribution in [1.82, 2.24) is 0 Å². The van der Waals surface area contributed by atoms with Crippen molar-refractivity contribution in [1.29, 1.82) is 0 Å². The normalized spacial score (nSPS) is 12.7. The molecule has 0 amide bonds. The lowest BCUT2D eigenvalue weighted by Gasteiger charge is -2.18. The lowest BCUT2D eigenvalue weighted by molar-refractivity contribution is -0.166. The zero-order valence-electron chi connectivity index (χ0n) is 42.5. The van der Waals surface area contributed by atoms with E-state index in [1.54, 1.807) is 6.08 Å². The van der Waals surface area contributed by atoms with Gasteiger partial charge >= 0.3 is 17.9 Å². The molecule has 1 unspecified atom stereocenters. The molecule has 0 saturated heterocycles. The molecule has 0 rings (SSSR count). The minimum atomic E-state index is -0.835. The summed E-state index contributed by atoms with van der Waals surface area (Å²) in [6, 6.07) is 0. The molecule has 0 aliphatic rings. The molecule has 0 heterocycles. The number of unbranched alkanes of at least 4 members (excludes halogenated alkanes) is 24. The Morgan fingerprint density at radius 1 is 0.338 bits per heavy atom. The number of hydrogen-bond acceptors (Lipinski definition) is 6. The van der Waals surface area contributed by atoms with Gasteiger partial charge in [0, 0.05) is 12.8 Å². The first-order valence-electron chi connectivity index (χ1n) is 27.1. The zero-order valence-corrected chi connectivity index (χ0v) is 42.5. The molecule has 0 aliphatic carbocycles. The SMILES string of the molecule is CC/C=C\C/C=C\C/C=C\C/C=C\C/C=C\CC(=O)OC(COC(=O)CCCCCCC/C=C\CCCCCCC)COC(=O)CCCCCCCCC/C=C\CCCCCCCCC. The summed E-state index contributed by atoms with van der Waals surface area (Å²) in [7, 11) is 0. The average molecular weight is 905 g/mol. The maximum absolute atomic E-state index is 12.8. The van der Waals surface area contributed by atoms with Crippen molar-refractivity contribution in [2.24, 2.45) is 0 Å². The summed E-state index contributed by atoms with van der Waals surface area (Å²) in [5.41, 5.74) is 0. The third kappa shape index (κ3) is 51.4. The van der Waals surface area contributed by atoms with Crippen molar-refractivity contribution in [2.75, 3.05) is 13.2 Å². The second kappa shape index (κ2) is 53.2. The molecule has 0 radical (unpaired) electrons.